The van der Waals surface area contributed by atoms with Crippen LogP contribution in [0.15, 0.2) is 24.3 Å². The summed E-state index contributed by atoms with van der Waals surface area (Å²) in [5.41, 5.74) is -2.03. The molecular formula is C14H16O4S. The highest BCUT2D eigenvalue weighted by molar-refractivity contribution is 7.99. The first-order chi connectivity index (χ1) is 9.20. The molecule has 102 valence electrons. The molecule has 3 fully saturated rings. The van der Waals surface area contributed by atoms with Crippen LogP contribution in [0, 0.1) is 10.8 Å². The van der Waals surface area contributed by atoms with Gasteiger partial charge in [0.05, 0.1) is 36.3 Å². The molecule has 0 aromatic rings. The summed E-state index contributed by atoms with van der Waals surface area (Å²) in [6, 6.07) is 0. The third kappa shape index (κ3) is 0.778. The molecule has 0 aromatic heterocycles. The molecule has 19 heavy (non-hydrogen) atoms. The van der Waals surface area contributed by atoms with Gasteiger partial charge in [-0.3, -0.25) is 0 Å². The van der Waals surface area contributed by atoms with Crippen LogP contribution in [-0.2, 0) is 9.47 Å². The standard InChI is InChI=1S/C14H16O4S/c15-5-13-9-1-3-11(17-9)7-19-8-12(14(11,13)6-16)4-2-10(13)18-12/h1-4,9-10,15-16H,5-8H2/t9-,10+,11-,12+,13?,14?. The Labute approximate surface area is 115 Å². The van der Waals surface area contributed by atoms with Crippen molar-refractivity contribution in [3.05, 3.63) is 24.3 Å². The Bertz CT molecular complexity index is 494. The summed E-state index contributed by atoms with van der Waals surface area (Å²) < 4.78 is 12.6. The van der Waals surface area contributed by atoms with Crippen LogP contribution in [0.1, 0.15) is 0 Å². The Morgan fingerprint density at radius 3 is 2.05 bits per heavy atom. The lowest BCUT2D eigenvalue weighted by Gasteiger charge is -2.57. The molecule has 2 spiro atoms. The second-order valence-corrected chi connectivity index (χ2v) is 7.31. The molecule has 0 saturated carbocycles. The summed E-state index contributed by atoms with van der Waals surface area (Å²) in [6.45, 7) is -0.0124. The van der Waals surface area contributed by atoms with E-state index in [-0.39, 0.29) is 25.4 Å². The predicted molar refractivity (Wildman–Crippen MR) is 69.9 cm³/mol. The molecule has 5 heterocycles. The maximum atomic E-state index is 10.3. The van der Waals surface area contributed by atoms with E-state index in [0.717, 1.165) is 11.5 Å². The van der Waals surface area contributed by atoms with Crippen LogP contribution in [0.3, 0.4) is 0 Å². The zero-order valence-corrected chi connectivity index (χ0v) is 11.2. The molecule has 4 bridgehead atoms. The summed E-state index contributed by atoms with van der Waals surface area (Å²) in [5, 5.41) is 20.5. The molecule has 6 atom stereocenters. The van der Waals surface area contributed by atoms with E-state index in [1.165, 1.54) is 0 Å². The molecule has 0 aliphatic carbocycles. The molecule has 5 heteroatoms. The quantitative estimate of drug-likeness (QED) is 0.703. The van der Waals surface area contributed by atoms with Crippen molar-refractivity contribution in [1.29, 1.82) is 0 Å². The van der Waals surface area contributed by atoms with Crippen LogP contribution < -0.4 is 0 Å². The van der Waals surface area contributed by atoms with Crippen LogP contribution >= 0.6 is 11.8 Å². The summed E-state index contributed by atoms with van der Waals surface area (Å²) in [6.07, 6.45) is 8.02. The van der Waals surface area contributed by atoms with Gasteiger partial charge in [0.1, 0.15) is 11.2 Å². The normalized spacial score (nSPS) is 63.1. The zero-order chi connectivity index (χ0) is 12.9. The Morgan fingerprint density at radius 1 is 1.00 bits per heavy atom. The van der Waals surface area contributed by atoms with Gasteiger partial charge >= 0.3 is 0 Å². The molecular weight excluding hydrogens is 264 g/mol. The minimum atomic E-state index is -0.536. The van der Waals surface area contributed by atoms with Gasteiger partial charge in [0.2, 0.25) is 0 Å². The number of hydrogen-bond acceptors (Lipinski definition) is 5. The van der Waals surface area contributed by atoms with Crippen molar-refractivity contribution in [3.8, 4) is 0 Å². The first-order valence-electron chi connectivity index (χ1n) is 6.74. The van der Waals surface area contributed by atoms with Crippen molar-refractivity contribution in [2.45, 2.75) is 23.4 Å². The minimum Gasteiger partial charge on any atom is -0.396 e. The topological polar surface area (TPSA) is 58.9 Å². The smallest absolute Gasteiger partial charge is 0.108 e. The van der Waals surface area contributed by atoms with Gasteiger partial charge in [0, 0.05) is 11.5 Å². The first-order valence-corrected chi connectivity index (χ1v) is 7.90. The lowest BCUT2D eigenvalue weighted by molar-refractivity contribution is -0.121. The predicted octanol–water partition coefficient (Wildman–Crippen LogP) is 0.105. The molecule has 5 aliphatic heterocycles. The SMILES string of the molecule is OCC12[C@@H]3C=C[C@@]4(CSC[C@]5(C=C[C@H]1O5)C24CO)O3. The molecule has 0 radical (unpaired) electrons. The van der Waals surface area contributed by atoms with Gasteiger partial charge in [-0.1, -0.05) is 24.3 Å². The highest BCUT2D eigenvalue weighted by Gasteiger charge is 2.88. The van der Waals surface area contributed by atoms with Crippen LogP contribution in [-0.4, -0.2) is 58.3 Å². The van der Waals surface area contributed by atoms with E-state index in [0.29, 0.717) is 0 Å². The average molecular weight is 280 g/mol. The lowest BCUT2D eigenvalue weighted by Crippen LogP contribution is -2.70. The average Bonchev–Trinajstić information content (AvgIpc) is 3.13. The highest BCUT2D eigenvalue weighted by atomic mass is 32.2. The number of thioether (sulfide) groups is 1. The Kier molecular flexibility index (Phi) is 1.77. The number of fused-ring (bicyclic) bond motifs is 4. The number of aliphatic hydroxyl groups excluding tert-OH is 2. The summed E-state index contributed by atoms with van der Waals surface area (Å²) in [4.78, 5) is 0. The van der Waals surface area contributed by atoms with Crippen molar-refractivity contribution >= 4 is 11.8 Å². The second-order valence-electron chi connectivity index (χ2n) is 6.33. The number of aliphatic hydroxyl groups is 2. The molecule has 2 unspecified atom stereocenters. The van der Waals surface area contributed by atoms with Gasteiger partial charge in [-0.25, -0.2) is 0 Å². The lowest BCUT2D eigenvalue weighted by atomic mass is 9.46. The molecule has 0 amide bonds. The van der Waals surface area contributed by atoms with E-state index in [1.807, 2.05) is 11.8 Å². The van der Waals surface area contributed by atoms with Gasteiger partial charge in [-0.2, -0.15) is 11.8 Å². The van der Waals surface area contributed by atoms with Crippen molar-refractivity contribution in [2.75, 3.05) is 24.7 Å². The van der Waals surface area contributed by atoms with E-state index >= 15 is 0 Å². The number of ether oxygens (including phenoxy) is 2. The van der Waals surface area contributed by atoms with Crippen molar-refractivity contribution in [2.24, 2.45) is 10.8 Å². The largest absolute Gasteiger partial charge is 0.396 e. The van der Waals surface area contributed by atoms with E-state index in [2.05, 4.69) is 24.3 Å². The van der Waals surface area contributed by atoms with Crippen LogP contribution in [0.4, 0.5) is 0 Å². The third-order valence-electron chi connectivity index (χ3n) is 6.14. The van der Waals surface area contributed by atoms with Crippen LogP contribution in [0.5, 0.6) is 0 Å². The number of hydrogen-bond donors (Lipinski definition) is 2. The van der Waals surface area contributed by atoms with E-state index in [1.54, 1.807) is 0 Å². The van der Waals surface area contributed by atoms with Gasteiger partial charge in [0.15, 0.2) is 0 Å². The van der Waals surface area contributed by atoms with Gasteiger partial charge in [0.25, 0.3) is 0 Å². The fourth-order valence-corrected chi connectivity index (χ4v) is 6.95. The number of rotatable bonds is 2. The Hall–Kier alpha value is -0.330. The molecule has 4 nitrogen and oxygen atoms in total. The fourth-order valence-electron chi connectivity index (χ4n) is 5.42. The monoisotopic (exact) mass is 280 g/mol. The van der Waals surface area contributed by atoms with Crippen molar-refractivity contribution in [1.82, 2.24) is 0 Å². The summed E-state index contributed by atoms with van der Waals surface area (Å²) >= 11 is 1.81. The van der Waals surface area contributed by atoms with Gasteiger partial charge in [-0.05, 0) is 0 Å². The minimum absolute atomic E-state index is 0.00417. The Balaban J connectivity index is 1.88. The van der Waals surface area contributed by atoms with Gasteiger partial charge in [-0.15, -0.1) is 0 Å². The highest BCUT2D eigenvalue weighted by Crippen LogP contribution is 2.77. The van der Waals surface area contributed by atoms with E-state index < -0.39 is 22.0 Å². The van der Waals surface area contributed by atoms with Crippen LogP contribution in [0.2, 0.25) is 0 Å². The molecule has 5 rings (SSSR count). The molecule has 3 saturated heterocycles. The summed E-state index contributed by atoms with van der Waals surface area (Å²) in [5.74, 6) is 1.65. The maximum absolute atomic E-state index is 10.3. The van der Waals surface area contributed by atoms with Crippen molar-refractivity contribution in [3.63, 3.8) is 0 Å². The van der Waals surface area contributed by atoms with Crippen molar-refractivity contribution < 1.29 is 19.7 Å². The third-order valence-corrected chi connectivity index (χ3v) is 7.41. The molecule has 2 N–H and O–H groups in total. The van der Waals surface area contributed by atoms with E-state index in [4.69, 9.17) is 9.47 Å². The van der Waals surface area contributed by atoms with E-state index in [9.17, 15) is 10.2 Å². The molecule has 0 aromatic carbocycles. The fraction of sp³-hybridized carbons (Fsp3) is 0.714. The maximum Gasteiger partial charge on any atom is 0.108 e. The van der Waals surface area contributed by atoms with Crippen LogP contribution in [0.25, 0.3) is 0 Å². The van der Waals surface area contributed by atoms with Gasteiger partial charge < -0.3 is 19.7 Å². The Morgan fingerprint density at radius 2 is 1.58 bits per heavy atom. The first kappa shape index (κ1) is 11.3. The zero-order valence-electron chi connectivity index (χ0n) is 10.4. The summed E-state index contributed by atoms with van der Waals surface area (Å²) in [7, 11) is 0. The second kappa shape index (κ2) is 2.97. The molecule has 5 aliphatic rings.